The van der Waals surface area contributed by atoms with Crippen LogP contribution in [0.4, 0.5) is 0 Å². The zero-order valence-corrected chi connectivity index (χ0v) is 11.9. The molecule has 21 heavy (non-hydrogen) atoms. The van der Waals surface area contributed by atoms with Crippen molar-refractivity contribution in [2.75, 3.05) is 13.2 Å². The molecular weight excluding hydrogens is 268 g/mol. The van der Waals surface area contributed by atoms with Crippen molar-refractivity contribution in [3.63, 3.8) is 0 Å². The Kier molecular flexibility index (Phi) is 3.96. The molecular formula is C15H18N4O2. The van der Waals surface area contributed by atoms with Gasteiger partial charge in [-0.1, -0.05) is 0 Å². The highest BCUT2D eigenvalue weighted by Gasteiger charge is 2.25. The molecule has 2 N–H and O–H groups in total. The number of ether oxygens (including phenoxy) is 1. The smallest absolute Gasteiger partial charge is 0.255 e. The molecule has 6 nitrogen and oxygen atoms in total. The Bertz CT molecular complexity index is 605. The molecule has 1 saturated heterocycles. The molecule has 0 unspecified atom stereocenters. The Balaban J connectivity index is 1.72. The molecule has 0 aliphatic carbocycles. The van der Waals surface area contributed by atoms with E-state index in [-0.39, 0.29) is 17.9 Å². The first-order valence-electron chi connectivity index (χ1n) is 7.07. The number of hydrogen-bond donors (Lipinski definition) is 2. The SMILES string of the molecule is C[C@@H](NC(=O)c1cn[nH]c1[C@@H]1CCOC1)c1ccncc1. The van der Waals surface area contributed by atoms with Gasteiger partial charge in [0.1, 0.15) is 0 Å². The van der Waals surface area contributed by atoms with E-state index in [0.29, 0.717) is 12.2 Å². The summed E-state index contributed by atoms with van der Waals surface area (Å²) < 4.78 is 5.38. The van der Waals surface area contributed by atoms with Crippen LogP contribution in [0.25, 0.3) is 0 Å². The summed E-state index contributed by atoms with van der Waals surface area (Å²) in [5.41, 5.74) is 2.49. The van der Waals surface area contributed by atoms with Crippen molar-refractivity contribution in [1.82, 2.24) is 20.5 Å². The average Bonchev–Trinajstić information content (AvgIpc) is 3.18. The lowest BCUT2D eigenvalue weighted by Gasteiger charge is -2.15. The van der Waals surface area contributed by atoms with Crippen molar-refractivity contribution < 1.29 is 9.53 Å². The molecule has 2 aromatic heterocycles. The van der Waals surface area contributed by atoms with E-state index in [0.717, 1.165) is 24.3 Å². The topological polar surface area (TPSA) is 79.9 Å². The summed E-state index contributed by atoms with van der Waals surface area (Å²) in [7, 11) is 0. The predicted molar refractivity (Wildman–Crippen MR) is 76.9 cm³/mol. The van der Waals surface area contributed by atoms with Crippen molar-refractivity contribution in [2.24, 2.45) is 0 Å². The van der Waals surface area contributed by atoms with Crippen LogP contribution >= 0.6 is 0 Å². The van der Waals surface area contributed by atoms with Crippen LogP contribution in [-0.2, 0) is 4.74 Å². The number of pyridine rings is 1. The minimum atomic E-state index is -0.116. The Morgan fingerprint density at radius 2 is 2.29 bits per heavy atom. The normalized spacial score (nSPS) is 19.4. The van der Waals surface area contributed by atoms with Crippen LogP contribution in [0.2, 0.25) is 0 Å². The zero-order valence-electron chi connectivity index (χ0n) is 11.9. The number of aromatic amines is 1. The van der Waals surface area contributed by atoms with Gasteiger partial charge < -0.3 is 10.1 Å². The molecule has 0 aromatic carbocycles. The first kappa shape index (κ1) is 13.8. The largest absolute Gasteiger partial charge is 0.381 e. The van der Waals surface area contributed by atoms with Gasteiger partial charge in [-0.2, -0.15) is 5.10 Å². The maximum absolute atomic E-state index is 12.4. The van der Waals surface area contributed by atoms with Crippen LogP contribution in [0.5, 0.6) is 0 Å². The molecule has 3 heterocycles. The fraction of sp³-hybridized carbons (Fsp3) is 0.400. The number of aromatic nitrogens is 3. The van der Waals surface area contributed by atoms with Crippen LogP contribution in [0.3, 0.4) is 0 Å². The van der Waals surface area contributed by atoms with Crippen LogP contribution in [0.15, 0.2) is 30.7 Å². The van der Waals surface area contributed by atoms with E-state index >= 15 is 0 Å². The molecule has 1 aliphatic rings. The second kappa shape index (κ2) is 6.05. The van der Waals surface area contributed by atoms with Gasteiger partial charge in [0, 0.05) is 24.9 Å². The zero-order chi connectivity index (χ0) is 14.7. The molecule has 1 aliphatic heterocycles. The van der Waals surface area contributed by atoms with Gasteiger partial charge in [-0.25, -0.2) is 0 Å². The minimum absolute atomic E-state index is 0.0805. The van der Waals surface area contributed by atoms with Crippen molar-refractivity contribution in [2.45, 2.75) is 25.3 Å². The monoisotopic (exact) mass is 286 g/mol. The minimum Gasteiger partial charge on any atom is -0.381 e. The van der Waals surface area contributed by atoms with E-state index in [1.54, 1.807) is 18.6 Å². The molecule has 110 valence electrons. The van der Waals surface area contributed by atoms with Gasteiger partial charge in [0.25, 0.3) is 5.91 Å². The van der Waals surface area contributed by atoms with Crippen LogP contribution in [0, 0.1) is 0 Å². The molecule has 0 spiro atoms. The fourth-order valence-corrected chi connectivity index (χ4v) is 2.56. The molecule has 2 atom stereocenters. The van der Waals surface area contributed by atoms with Crippen molar-refractivity contribution in [3.05, 3.63) is 47.5 Å². The molecule has 0 radical (unpaired) electrons. The number of H-pyrrole nitrogens is 1. The van der Waals surface area contributed by atoms with Crippen molar-refractivity contribution in [1.29, 1.82) is 0 Å². The van der Waals surface area contributed by atoms with E-state index in [1.165, 1.54) is 0 Å². The number of nitrogens with one attached hydrogen (secondary N) is 2. The fourth-order valence-electron chi connectivity index (χ4n) is 2.56. The lowest BCUT2D eigenvalue weighted by molar-refractivity contribution is 0.0938. The number of hydrogen-bond acceptors (Lipinski definition) is 4. The number of amides is 1. The lowest BCUT2D eigenvalue weighted by atomic mass is 10.0. The molecule has 2 aromatic rings. The third kappa shape index (κ3) is 2.95. The van der Waals surface area contributed by atoms with Gasteiger partial charge in [0.05, 0.1) is 30.1 Å². The number of carbonyl (C=O) groups excluding carboxylic acids is 1. The summed E-state index contributed by atoms with van der Waals surface area (Å²) >= 11 is 0. The van der Waals surface area contributed by atoms with Gasteiger partial charge in [-0.05, 0) is 31.0 Å². The second-order valence-electron chi connectivity index (χ2n) is 5.23. The van der Waals surface area contributed by atoms with Crippen LogP contribution in [0.1, 0.15) is 46.9 Å². The highest BCUT2D eigenvalue weighted by atomic mass is 16.5. The molecule has 1 amide bonds. The van der Waals surface area contributed by atoms with Gasteiger partial charge in [-0.15, -0.1) is 0 Å². The van der Waals surface area contributed by atoms with E-state index in [9.17, 15) is 4.79 Å². The maximum Gasteiger partial charge on any atom is 0.255 e. The summed E-state index contributed by atoms with van der Waals surface area (Å²) in [6.07, 6.45) is 5.94. The second-order valence-corrected chi connectivity index (χ2v) is 5.23. The van der Waals surface area contributed by atoms with E-state index in [4.69, 9.17) is 4.74 Å². The Morgan fingerprint density at radius 1 is 1.48 bits per heavy atom. The van der Waals surface area contributed by atoms with E-state index in [1.807, 2.05) is 19.1 Å². The highest BCUT2D eigenvalue weighted by Crippen LogP contribution is 2.26. The maximum atomic E-state index is 12.4. The van der Waals surface area contributed by atoms with Gasteiger partial charge >= 0.3 is 0 Å². The standard InChI is InChI=1S/C15H18N4O2/c1-10(11-2-5-16-6-3-11)18-15(20)13-8-17-19-14(13)12-4-7-21-9-12/h2-3,5-6,8,10,12H,4,7,9H2,1H3,(H,17,19)(H,18,20)/t10-,12-/m1/s1. The lowest BCUT2D eigenvalue weighted by Crippen LogP contribution is -2.27. The number of nitrogens with zero attached hydrogens (tertiary/aromatic N) is 2. The predicted octanol–water partition coefficient (Wildman–Crippen LogP) is 1.80. The summed E-state index contributed by atoms with van der Waals surface area (Å²) in [4.78, 5) is 16.4. The summed E-state index contributed by atoms with van der Waals surface area (Å²) in [5.74, 6) is 0.111. The highest BCUT2D eigenvalue weighted by molar-refractivity contribution is 5.95. The van der Waals surface area contributed by atoms with Gasteiger partial charge in [0.15, 0.2) is 0 Å². The first-order valence-corrected chi connectivity index (χ1v) is 7.07. The Hall–Kier alpha value is -2.21. The Morgan fingerprint density at radius 3 is 3.00 bits per heavy atom. The molecule has 1 fully saturated rings. The van der Waals surface area contributed by atoms with Gasteiger partial charge in [-0.3, -0.25) is 14.9 Å². The number of rotatable bonds is 4. The van der Waals surface area contributed by atoms with Crippen LogP contribution in [-0.4, -0.2) is 34.3 Å². The summed E-state index contributed by atoms with van der Waals surface area (Å²) in [6.45, 7) is 3.33. The van der Waals surface area contributed by atoms with Gasteiger partial charge in [0.2, 0.25) is 0 Å². The quantitative estimate of drug-likeness (QED) is 0.898. The van der Waals surface area contributed by atoms with E-state index < -0.39 is 0 Å². The molecule has 3 rings (SSSR count). The van der Waals surface area contributed by atoms with Crippen molar-refractivity contribution >= 4 is 5.91 Å². The third-order valence-corrected chi connectivity index (χ3v) is 3.81. The number of carbonyl (C=O) groups is 1. The molecule has 0 bridgehead atoms. The average molecular weight is 286 g/mol. The molecule has 0 saturated carbocycles. The van der Waals surface area contributed by atoms with Crippen molar-refractivity contribution in [3.8, 4) is 0 Å². The summed E-state index contributed by atoms with van der Waals surface area (Å²) in [6, 6.07) is 3.71. The Labute approximate surface area is 122 Å². The summed E-state index contributed by atoms with van der Waals surface area (Å²) in [5, 5.41) is 9.95. The first-order chi connectivity index (χ1) is 10.3. The van der Waals surface area contributed by atoms with E-state index in [2.05, 4.69) is 20.5 Å². The van der Waals surface area contributed by atoms with Crippen LogP contribution < -0.4 is 5.32 Å². The molecule has 6 heteroatoms. The third-order valence-electron chi connectivity index (χ3n) is 3.81.